The highest BCUT2D eigenvalue weighted by atomic mass is 16.5. The second-order valence-corrected chi connectivity index (χ2v) is 6.09. The third kappa shape index (κ3) is 4.08. The average molecular weight is 349 g/mol. The molecule has 0 aliphatic rings. The Morgan fingerprint density at radius 3 is 2.50 bits per heavy atom. The van der Waals surface area contributed by atoms with Crippen molar-refractivity contribution in [3.63, 3.8) is 0 Å². The predicted octanol–water partition coefficient (Wildman–Crippen LogP) is 4.06. The monoisotopic (exact) mass is 349 g/mol. The minimum atomic E-state index is 0.554. The van der Waals surface area contributed by atoms with Crippen LogP contribution in [0.5, 0.6) is 5.75 Å². The Morgan fingerprint density at radius 2 is 1.85 bits per heavy atom. The Balaban J connectivity index is 1.90. The second kappa shape index (κ2) is 7.82. The van der Waals surface area contributed by atoms with Gasteiger partial charge in [-0.3, -0.25) is 0 Å². The molecule has 3 aromatic heterocycles. The van der Waals surface area contributed by atoms with Gasteiger partial charge in [0.15, 0.2) is 11.6 Å². The molecule has 3 heterocycles. The standard InChI is InChI=1S/C20H23N5O/c1-5-26-17-11-16(15-9-10-19(21-12-15)25(3)4)13-22-20(17)24-18-8-6-7-14(2)23-18/h6-13H,5H2,1-4H3,(H,22,23,24). The molecular formula is C20H23N5O. The van der Waals surface area contributed by atoms with Crippen LogP contribution in [-0.4, -0.2) is 35.7 Å². The molecule has 0 atom stereocenters. The van der Waals surface area contributed by atoms with Gasteiger partial charge < -0.3 is 15.0 Å². The third-order valence-electron chi connectivity index (χ3n) is 3.83. The van der Waals surface area contributed by atoms with Gasteiger partial charge in [0.25, 0.3) is 0 Å². The second-order valence-electron chi connectivity index (χ2n) is 6.09. The molecule has 0 bridgehead atoms. The quantitative estimate of drug-likeness (QED) is 0.724. The third-order valence-corrected chi connectivity index (χ3v) is 3.83. The van der Waals surface area contributed by atoms with Crippen LogP contribution in [0.1, 0.15) is 12.6 Å². The van der Waals surface area contributed by atoms with Crippen molar-refractivity contribution in [2.45, 2.75) is 13.8 Å². The number of nitrogens with one attached hydrogen (secondary N) is 1. The lowest BCUT2D eigenvalue weighted by Gasteiger charge is -2.14. The van der Waals surface area contributed by atoms with Crippen molar-refractivity contribution in [1.82, 2.24) is 15.0 Å². The molecule has 3 rings (SSSR count). The summed E-state index contributed by atoms with van der Waals surface area (Å²) in [5, 5.41) is 3.23. The summed E-state index contributed by atoms with van der Waals surface area (Å²) in [6, 6.07) is 11.8. The maximum Gasteiger partial charge on any atom is 0.174 e. The zero-order valence-corrected chi connectivity index (χ0v) is 15.5. The van der Waals surface area contributed by atoms with E-state index in [-0.39, 0.29) is 0 Å². The molecular weight excluding hydrogens is 326 g/mol. The number of aryl methyl sites for hydroxylation is 1. The van der Waals surface area contributed by atoms with Crippen molar-refractivity contribution < 1.29 is 4.74 Å². The van der Waals surface area contributed by atoms with E-state index in [2.05, 4.69) is 20.3 Å². The topological polar surface area (TPSA) is 63.2 Å². The van der Waals surface area contributed by atoms with Crippen molar-refractivity contribution in [1.29, 1.82) is 0 Å². The number of anilines is 3. The highest BCUT2D eigenvalue weighted by molar-refractivity contribution is 5.69. The lowest BCUT2D eigenvalue weighted by Crippen LogP contribution is -2.10. The van der Waals surface area contributed by atoms with Crippen LogP contribution in [0.2, 0.25) is 0 Å². The summed E-state index contributed by atoms with van der Waals surface area (Å²) in [7, 11) is 3.94. The van der Waals surface area contributed by atoms with Gasteiger partial charge >= 0.3 is 0 Å². The van der Waals surface area contributed by atoms with Crippen molar-refractivity contribution in [2.75, 3.05) is 30.9 Å². The summed E-state index contributed by atoms with van der Waals surface area (Å²) in [4.78, 5) is 15.4. The fourth-order valence-corrected chi connectivity index (χ4v) is 2.52. The van der Waals surface area contributed by atoms with Crippen LogP contribution in [0.3, 0.4) is 0 Å². The van der Waals surface area contributed by atoms with Crippen molar-refractivity contribution >= 4 is 17.5 Å². The Bertz CT molecular complexity index is 878. The normalized spacial score (nSPS) is 10.5. The molecule has 0 aliphatic heterocycles. The first-order valence-corrected chi connectivity index (χ1v) is 8.54. The number of nitrogens with zero attached hydrogens (tertiary/aromatic N) is 4. The van der Waals surface area contributed by atoms with E-state index < -0.39 is 0 Å². The molecule has 134 valence electrons. The molecule has 0 fully saturated rings. The van der Waals surface area contributed by atoms with E-state index in [4.69, 9.17) is 4.74 Å². The van der Waals surface area contributed by atoms with E-state index in [1.165, 1.54) is 0 Å². The van der Waals surface area contributed by atoms with E-state index in [0.29, 0.717) is 18.2 Å². The van der Waals surface area contributed by atoms with Crippen LogP contribution in [-0.2, 0) is 0 Å². The van der Waals surface area contributed by atoms with Gasteiger partial charge in [0.2, 0.25) is 0 Å². The minimum Gasteiger partial charge on any atom is -0.490 e. The number of pyridine rings is 3. The van der Waals surface area contributed by atoms with Gasteiger partial charge in [0.05, 0.1) is 6.61 Å². The Labute approximate surface area is 153 Å². The smallest absolute Gasteiger partial charge is 0.174 e. The fourth-order valence-electron chi connectivity index (χ4n) is 2.52. The maximum absolute atomic E-state index is 5.78. The van der Waals surface area contributed by atoms with Gasteiger partial charge in [-0.1, -0.05) is 6.07 Å². The van der Waals surface area contributed by atoms with Gasteiger partial charge in [-0.15, -0.1) is 0 Å². The number of hydrogen-bond donors (Lipinski definition) is 1. The Morgan fingerprint density at radius 1 is 1.04 bits per heavy atom. The van der Waals surface area contributed by atoms with Gasteiger partial charge in [0, 0.05) is 43.3 Å². The Kier molecular flexibility index (Phi) is 5.31. The van der Waals surface area contributed by atoms with Crippen LogP contribution in [0.25, 0.3) is 11.1 Å². The lowest BCUT2D eigenvalue weighted by molar-refractivity contribution is 0.341. The zero-order chi connectivity index (χ0) is 18.5. The fraction of sp³-hybridized carbons (Fsp3) is 0.250. The molecule has 6 heteroatoms. The van der Waals surface area contributed by atoms with Crippen molar-refractivity contribution in [2.24, 2.45) is 0 Å². The minimum absolute atomic E-state index is 0.554. The number of ether oxygens (including phenoxy) is 1. The highest BCUT2D eigenvalue weighted by Gasteiger charge is 2.10. The lowest BCUT2D eigenvalue weighted by atomic mass is 10.1. The van der Waals surface area contributed by atoms with E-state index in [1.807, 2.05) is 81.6 Å². The molecule has 0 radical (unpaired) electrons. The summed E-state index contributed by atoms with van der Waals surface area (Å²) in [5.74, 6) is 2.98. The van der Waals surface area contributed by atoms with E-state index in [9.17, 15) is 0 Å². The van der Waals surface area contributed by atoms with Crippen molar-refractivity contribution in [3.8, 4) is 16.9 Å². The molecule has 0 saturated heterocycles. The largest absolute Gasteiger partial charge is 0.490 e. The molecule has 0 unspecified atom stereocenters. The first kappa shape index (κ1) is 17.7. The van der Waals surface area contributed by atoms with E-state index >= 15 is 0 Å². The van der Waals surface area contributed by atoms with Gasteiger partial charge in [-0.2, -0.15) is 0 Å². The SMILES string of the molecule is CCOc1cc(-c2ccc(N(C)C)nc2)cnc1Nc1cccc(C)n1. The van der Waals surface area contributed by atoms with Crippen LogP contribution < -0.4 is 15.0 Å². The molecule has 6 nitrogen and oxygen atoms in total. The molecule has 0 aliphatic carbocycles. The molecule has 0 amide bonds. The van der Waals surface area contributed by atoms with E-state index in [1.54, 1.807) is 0 Å². The van der Waals surface area contributed by atoms with Gasteiger partial charge in [-0.05, 0) is 44.2 Å². The van der Waals surface area contributed by atoms with Crippen LogP contribution in [0.15, 0.2) is 48.8 Å². The van der Waals surface area contributed by atoms with Crippen LogP contribution >= 0.6 is 0 Å². The molecule has 3 aromatic rings. The van der Waals surface area contributed by atoms with Gasteiger partial charge in [0.1, 0.15) is 11.6 Å². The number of rotatable bonds is 6. The summed E-state index contributed by atoms with van der Waals surface area (Å²) in [6.07, 6.45) is 3.66. The summed E-state index contributed by atoms with van der Waals surface area (Å²) in [5.41, 5.74) is 2.88. The highest BCUT2D eigenvalue weighted by Crippen LogP contribution is 2.30. The van der Waals surface area contributed by atoms with Gasteiger partial charge in [-0.25, -0.2) is 15.0 Å². The first-order chi connectivity index (χ1) is 12.6. The zero-order valence-electron chi connectivity index (χ0n) is 15.5. The molecule has 0 spiro atoms. The summed E-state index contributed by atoms with van der Waals surface area (Å²) >= 11 is 0. The average Bonchev–Trinajstić information content (AvgIpc) is 2.63. The maximum atomic E-state index is 5.78. The van der Waals surface area contributed by atoms with E-state index in [0.717, 1.165) is 28.5 Å². The molecule has 26 heavy (non-hydrogen) atoms. The number of hydrogen-bond acceptors (Lipinski definition) is 6. The molecule has 0 aromatic carbocycles. The first-order valence-electron chi connectivity index (χ1n) is 8.54. The number of aromatic nitrogens is 3. The summed E-state index contributed by atoms with van der Waals surface area (Å²) in [6.45, 7) is 4.46. The van der Waals surface area contributed by atoms with Crippen LogP contribution in [0.4, 0.5) is 17.5 Å². The van der Waals surface area contributed by atoms with Crippen LogP contribution in [0, 0.1) is 6.92 Å². The molecule has 1 N–H and O–H groups in total. The summed E-state index contributed by atoms with van der Waals surface area (Å²) < 4.78 is 5.78. The molecule has 0 saturated carbocycles. The van der Waals surface area contributed by atoms with Crippen molar-refractivity contribution in [3.05, 3.63) is 54.5 Å². The Hall–Kier alpha value is -3.15. The predicted molar refractivity (Wildman–Crippen MR) is 105 cm³/mol.